The largest absolute Gasteiger partial charge is 0.382 e. The van der Waals surface area contributed by atoms with Crippen molar-refractivity contribution in [3.63, 3.8) is 0 Å². The van der Waals surface area contributed by atoms with E-state index in [2.05, 4.69) is 43.9 Å². The van der Waals surface area contributed by atoms with E-state index >= 15 is 0 Å². The van der Waals surface area contributed by atoms with Gasteiger partial charge >= 0.3 is 0 Å². The molecule has 0 aliphatic carbocycles. The molecule has 0 fully saturated rings. The van der Waals surface area contributed by atoms with E-state index in [-0.39, 0.29) is 0 Å². The van der Waals surface area contributed by atoms with Crippen molar-refractivity contribution in [2.24, 2.45) is 0 Å². The highest BCUT2D eigenvalue weighted by Crippen LogP contribution is 2.27. The fourth-order valence-corrected chi connectivity index (χ4v) is 1.92. The highest BCUT2D eigenvalue weighted by Gasteiger charge is 2.13. The summed E-state index contributed by atoms with van der Waals surface area (Å²) >= 11 is 0. The molecule has 1 unspecified atom stereocenters. The molecule has 0 radical (unpaired) electrons. The second-order valence-corrected chi connectivity index (χ2v) is 4.24. The number of benzene rings is 1. The second kappa shape index (κ2) is 3.49. The Bertz CT molecular complexity index is 365. The van der Waals surface area contributed by atoms with Gasteiger partial charge in [0.1, 0.15) is 0 Å². The second-order valence-electron chi connectivity index (χ2n) is 4.24. The van der Waals surface area contributed by atoms with E-state index in [1.807, 2.05) is 0 Å². The van der Waals surface area contributed by atoms with Crippen molar-refractivity contribution < 1.29 is 0 Å². The van der Waals surface area contributed by atoms with Crippen LogP contribution in [-0.2, 0) is 6.42 Å². The number of anilines is 1. The Morgan fingerprint density at radius 2 is 2.29 bits per heavy atom. The van der Waals surface area contributed by atoms with Crippen molar-refractivity contribution >= 4 is 11.3 Å². The minimum atomic E-state index is 0.609. The lowest BCUT2D eigenvalue weighted by atomic mass is 9.95. The van der Waals surface area contributed by atoms with Crippen LogP contribution in [-0.4, -0.2) is 6.04 Å². The third-order valence-electron chi connectivity index (χ3n) is 2.85. The fraction of sp³-hybridized carbons (Fsp3) is 0.385. The number of nitrogens with one attached hydrogen (secondary N) is 1. The van der Waals surface area contributed by atoms with Crippen LogP contribution in [0.15, 0.2) is 24.8 Å². The van der Waals surface area contributed by atoms with E-state index in [4.69, 9.17) is 0 Å². The minimum Gasteiger partial charge on any atom is -0.382 e. The van der Waals surface area contributed by atoms with E-state index in [9.17, 15) is 0 Å². The lowest BCUT2D eigenvalue weighted by Gasteiger charge is -2.24. The molecule has 1 heteroatoms. The standard InChI is InChI=1S/C13H17N/c1-9(2)11-6-7-13-12(8-11)5-4-10(3)14-13/h6-8,10,14H,1,4-5H2,2-3H3. The molecular formula is C13H17N. The summed E-state index contributed by atoms with van der Waals surface area (Å²) in [6, 6.07) is 7.19. The van der Waals surface area contributed by atoms with Gasteiger partial charge in [-0.15, -0.1) is 0 Å². The van der Waals surface area contributed by atoms with E-state index in [0.717, 1.165) is 5.57 Å². The first kappa shape index (κ1) is 9.32. The zero-order chi connectivity index (χ0) is 10.1. The highest BCUT2D eigenvalue weighted by atomic mass is 14.9. The summed E-state index contributed by atoms with van der Waals surface area (Å²) in [5.41, 5.74) is 5.14. The molecule has 0 saturated carbocycles. The summed E-state index contributed by atoms with van der Waals surface area (Å²) < 4.78 is 0. The van der Waals surface area contributed by atoms with Crippen LogP contribution >= 0.6 is 0 Å². The molecule has 2 rings (SSSR count). The molecule has 0 bridgehead atoms. The molecule has 1 aromatic rings. The maximum atomic E-state index is 3.97. The Kier molecular flexibility index (Phi) is 2.32. The SMILES string of the molecule is C=C(C)c1ccc2c(c1)CCC(C)N2. The molecule has 0 amide bonds. The molecular weight excluding hydrogens is 170 g/mol. The molecule has 1 aliphatic heterocycles. The van der Waals surface area contributed by atoms with Gasteiger partial charge in [-0.25, -0.2) is 0 Å². The normalized spacial score (nSPS) is 19.7. The number of rotatable bonds is 1. The summed E-state index contributed by atoms with van der Waals surface area (Å²) in [5.74, 6) is 0. The number of allylic oxidation sites excluding steroid dienone is 1. The van der Waals surface area contributed by atoms with Crippen LogP contribution in [0, 0.1) is 0 Å². The molecule has 1 nitrogen and oxygen atoms in total. The molecule has 0 aromatic heterocycles. The molecule has 14 heavy (non-hydrogen) atoms. The van der Waals surface area contributed by atoms with Gasteiger partial charge in [-0.05, 0) is 49.9 Å². The van der Waals surface area contributed by atoms with Gasteiger partial charge in [0.25, 0.3) is 0 Å². The lowest BCUT2D eigenvalue weighted by Crippen LogP contribution is -2.21. The summed E-state index contributed by atoms with van der Waals surface area (Å²) in [6.45, 7) is 8.26. The molecule has 1 atom stereocenters. The van der Waals surface area contributed by atoms with E-state index < -0.39 is 0 Å². The van der Waals surface area contributed by atoms with Gasteiger partial charge < -0.3 is 5.32 Å². The van der Waals surface area contributed by atoms with Crippen LogP contribution < -0.4 is 5.32 Å². The van der Waals surface area contributed by atoms with Gasteiger partial charge in [-0.3, -0.25) is 0 Å². The smallest absolute Gasteiger partial charge is 0.0375 e. The zero-order valence-corrected chi connectivity index (χ0v) is 8.93. The zero-order valence-electron chi connectivity index (χ0n) is 8.93. The van der Waals surface area contributed by atoms with Crippen LogP contribution in [0.2, 0.25) is 0 Å². The summed E-state index contributed by atoms with van der Waals surface area (Å²) in [5, 5.41) is 3.50. The average molecular weight is 187 g/mol. The van der Waals surface area contributed by atoms with Crippen molar-refractivity contribution in [2.45, 2.75) is 32.7 Å². The summed E-state index contributed by atoms with van der Waals surface area (Å²) in [6.07, 6.45) is 2.41. The van der Waals surface area contributed by atoms with Crippen molar-refractivity contribution in [3.8, 4) is 0 Å². The summed E-state index contributed by atoms with van der Waals surface area (Å²) in [7, 11) is 0. The van der Waals surface area contributed by atoms with Crippen LogP contribution in [0.3, 0.4) is 0 Å². The number of hydrogen-bond acceptors (Lipinski definition) is 1. The fourth-order valence-electron chi connectivity index (χ4n) is 1.92. The first-order valence-electron chi connectivity index (χ1n) is 5.22. The Morgan fingerprint density at radius 1 is 1.50 bits per heavy atom. The van der Waals surface area contributed by atoms with Gasteiger partial charge in [0, 0.05) is 11.7 Å². The Hall–Kier alpha value is -1.24. The molecule has 0 saturated heterocycles. The monoisotopic (exact) mass is 187 g/mol. The van der Waals surface area contributed by atoms with Crippen molar-refractivity contribution in [3.05, 3.63) is 35.9 Å². The van der Waals surface area contributed by atoms with E-state index in [0.29, 0.717) is 6.04 Å². The Balaban J connectivity index is 2.36. The molecule has 1 aromatic carbocycles. The highest BCUT2D eigenvalue weighted by molar-refractivity contribution is 5.66. The molecule has 1 N–H and O–H groups in total. The van der Waals surface area contributed by atoms with Crippen LogP contribution in [0.4, 0.5) is 5.69 Å². The van der Waals surface area contributed by atoms with Gasteiger partial charge in [0.05, 0.1) is 0 Å². The third-order valence-corrected chi connectivity index (χ3v) is 2.85. The van der Waals surface area contributed by atoms with Crippen molar-refractivity contribution in [1.82, 2.24) is 0 Å². The predicted molar refractivity (Wildman–Crippen MR) is 62.6 cm³/mol. The first-order chi connectivity index (χ1) is 6.66. The van der Waals surface area contributed by atoms with E-state index in [1.165, 1.54) is 29.7 Å². The Labute approximate surface area is 85.8 Å². The lowest BCUT2D eigenvalue weighted by molar-refractivity contribution is 0.681. The predicted octanol–water partition coefficient (Wildman–Crippen LogP) is 3.47. The molecule has 74 valence electrons. The van der Waals surface area contributed by atoms with Gasteiger partial charge in [-0.2, -0.15) is 0 Å². The van der Waals surface area contributed by atoms with Crippen LogP contribution in [0.1, 0.15) is 31.4 Å². The van der Waals surface area contributed by atoms with Gasteiger partial charge in [0.2, 0.25) is 0 Å². The maximum absolute atomic E-state index is 3.97. The topological polar surface area (TPSA) is 12.0 Å². The third kappa shape index (κ3) is 1.67. The molecule has 0 spiro atoms. The Morgan fingerprint density at radius 3 is 3.00 bits per heavy atom. The van der Waals surface area contributed by atoms with Gasteiger partial charge in [0.15, 0.2) is 0 Å². The molecule has 1 heterocycles. The van der Waals surface area contributed by atoms with Crippen LogP contribution in [0.5, 0.6) is 0 Å². The average Bonchev–Trinajstić information content (AvgIpc) is 2.16. The van der Waals surface area contributed by atoms with Crippen molar-refractivity contribution in [1.29, 1.82) is 0 Å². The molecule has 1 aliphatic rings. The van der Waals surface area contributed by atoms with Crippen molar-refractivity contribution in [2.75, 3.05) is 5.32 Å². The number of fused-ring (bicyclic) bond motifs is 1. The first-order valence-corrected chi connectivity index (χ1v) is 5.22. The van der Waals surface area contributed by atoms with Gasteiger partial charge in [-0.1, -0.05) is 18.2 Å². The number of aryl methyl sites for hydroxylation is 1. The van der Waals surface area contributed by atoms with Crippen LogP contribution in [0.25, 0.3) is 5.57 Å². The quantitative estimate of drug-likeness (QED) is 0.710. The maximum Gasteiger partial charge on any atom is 0.0375 e. The summed E-state index contributed by atoms with van der Waals surface area (Å²) in [4.78, 5) is 0. The van der Waals surface area contributed by atoms with E-state index in [1.54, 1.807) is 0 Å². The minimum absolute atomic E-state index is 0.609. The number of hydrogen-bond donors (Lipinski definition) is 1.